The molecular weight excluding hydrogens is 268 g/mol. The van der Waals surface area contributed by atoms with Crippen LogP contribution in [0.5, 0.6) is 0 Å². The highest BCUT2D eigenvalue weighted by molar-refractivity contribution is 5.83. The van der Waals surface area contributed by atoms with Crippen molar-refractivity contribution in [1.82, 2.24) is 15.5 Å². The topological polar surface area (TPSA) is 87.5 Å². The lowest BCUT2D eigenvalue weighted by Crippen LogP contribution is -2.52. The molecule has 1 aromatic carbocycles. The van der Waals surface area contributed by atoms with Crippen LogP contribution >= 0.6 is 0 Å². The van der Waals surface area contributed by atoms with E-state index >= 15 is 0 Å². The number of benzene rings is 1. The molecule has 21 heavy (non-hydrogen) atoms. The largest absolute Gasteiger partial charge is 0.368 e. The summed E-state index contributed by atoms with van der Waals surface area (Å²) in [4.78, 5) is 25.1. The van der Waals surface area contributed by atoms with E-state index in [0.717, 1.165) is 31.5 Å². The zero-order valence-electron chi connectivity index (χ0n) is 12.0. The van der Waals surface area contributed by atoms with Gasteiger partial charge in [-0.3, -0.25) is 4.79 Å². The fraction of sp³-hybridized carbons (Fsp3) is 0.467. The first-order valence-corrected chi connectivity index (χ1v) is 7.24. The molecule has 1 aliphatic rings. The number of nitrogens with one attached hydrogen (secondary N) is 2. The van der Waals surface area contributed by atoms with Gasteiger partial charge in [-0.15, -0.1) is 0 Å². The van der Waals surface area contributed by atoms with E-state index in [1.54, 1.807) is 4.90 Å². The van der Waals surface area contributed by atoms with Gasteiger partial charge in [0.15, 0.2) is 0 Å². The minimum atomic E-state index is -0.483. The minimum Gasteiger partial charge on any atom is -0.368 e. The van der Waals surface area contributed by atoms with Gasteiger partial charge in [-0.25, -0.2) is 4.79 Å². The van der Waals surface area contributed by atoms with E-state index in [1.165, 1.54) is 0 Å². The van der Waals surface area contributed by atoms with Crippen LogP contribution in [0, 0.1) is 0 Å². The summed E-state index contributed by atoms with van der Waals surface area (Å²) >= 11 is 0. The van der Waals surface area contributed by atoms with Gasteiger partial charge < -0.3 is 21.3 Å². The molecule has 3 amide bonds. The molecule has 1 aromatic rings. The van der Waals surface area contributed by atoms with Crippen molar-refractivity contribution in [3.05, 3.63) is 35.9 Å². The van der Waals surface area contributed by atoms with E-state index in [9.17, 15) is 9.59 Å². The quantitative estimate of drug-likeness (QED) is 0.735. The minimum absolute atomic E-state index is 0.0364. The number of nitrogens with two attached hydrogens (primary N) is 1. The van der Waals surface area contributed by atoms with Crippen molar-refractivity contribution in [2.24, 2.45) is 5.73 Å². The Morgan fingerprint density at radius 3 is 2.52 bits per heavy atom. The van der Waals surface area contributed by atoms with Crippen molar-refractivity contribution < 1.29 is 9.59 Å². The maximum absolute atomic E-state index is 12.3. The molecule has 2 rings (SSSR count). The molecule has 0 atom stereocenters. The lowest BCUT2D eigenvalue weighted by molar-refractivity contribution is -0.119. The number of hydrogen-bond acceptors (Lipinski definition) is 3. The van der Waals surface area contributed by atoms with E-state index < -0.39 is 5.91 Å². The second-order valence-electron chi connectivity index (χ2n) is 5.22. The Bertz CT molecular complexity index is 472. The van der Waals surface area contributed by atoms with Crippen LogP contribution in [0.15, 0.2) is 30.3 Å². The number of primary amides is 1. The Morgan fingerprint density at radius 2 is 1.90 bits per heavy atom. The summed E-state index contributed by atoms with van der Waals surface area (Å²) in [5.41, 5.74) is 6.29. The van der Waals surface area contributed by atoms with Crippen LogP contribution in [0.25, 0.3) is 0 Å². The lowest BCUT2D eigenvalue weighted by Gasteiger charge is -2.33. The molecule has 1 saturated heterocycles. The number of urea groups is 1. The van der Waals surface area contributed by atoms with Crippen molar-refractivity contribution in [3.63, 3.8) is 0 Å². The number of carbonyl (C=O) groups excluding carboxylic acids is 2. The number of rotatable bonds is 5. The highest BCUT2D eigenvalue weighted by Gasteiger charge is 2.26. The van der Waals surface area contributed by atoms with Gasteiger partial charge in [0, 0.05) is 12.6 Å². The molecule has 0 radical (unpaired) electrons. The SMILES string of the molecule is NC(=O)CN(C(=O)NCc1ccccc1)C1CCNCC1. The predicted octanol–water partition coefficient (Wildman–Crippen LogP) is 0.435. The molecule has 0 bridgehead atoms. The molecule has 0 aromatic heterocycles. The second-order valence-corrected chi connectivity index (χ2v) is 5.22. The number of carbonyl (C=O) groups is 2. The maximum Gasteiger partial charge on any atom is 0.318 e. The van der Waals surface area contributed by atoms with E-state index in [2.05, 4.69) is 10.6 Å². The molecular formula is C15H22N4O2. The fourth-order valence-electron chi connectivity index (χ4n) is 2.53. The molecule has 0 unspecified atom stereocenters. The van der Waals surface area contributed by atoms with Gasteiger partial charge in [0.2, 0.25) is 5.91 Å². The summed E-state index contributed by atoms with van der Waals surface area (Å²) < 4.78 is 0. The van der Waals surface area contributed by atoms with Gasteiger partial charge >= 0.3 is 6.03 Å². The summed E-state index contributed by atoms with van der Waals surface area (Å²) in [5, 5.41) is 6.11. The number of nitrogens with zero attached hydrogens (tertiary/aromatic N) is 1. The Labute approximate surface area is 124 Å². The van der Waals surface area contributed by atoms with Crippen LogP contribution in [0.3, 0.4) is 0 Å². The summed E-state index contributed by atoms with van der Waals surface area (Å²) in [6.45, 7) is 2.11. The van der Waals surface area contributed by atoms with Gasteiger partial charge in [-0.1, -0.05) is 30.3 Å². The summed E-state index contributed by atoms with van der Waals surface area (Å²) in [5.74, 6) is -0.483. The molecule has 1 aliphatic heterocycles. The molecule has 0 saturated carbocycles. The molecule has 0 aliphatic carbocycles. The van der Waals surface area contributed by atoms with Crippen molar-refractivity contribution >= 4 is 11.9 Å². The first-order valence-electron chi connectivity index (χ1n) is 7.24. The Balaban J connectivity index is 1.94. The maximum atomic E-state index is 12.3. The van der Waals surface area contributed by atoms with Crippen molar-refractivity contribution in [2.75, 3.05) is 19.6 Å². The van der Waals surface area contributed by atoms with Crippen LogP contribution in [-0.2, 0) is 11.3 Å². The Hall–Kier alpha value is -2.08. The van der Waals surface area contributed by atoms with Crippen LogP contribution < -0.4 is 16.4 Å². The third-order valence-electron chi connectivity index (χ3n) is 3.62. The molecule has 1 heterocycles. The van der Waals surface area contributed by atoms with E-state index in [4.69, 9.17) is 5.73 Å². The van der Waals surface area contributed by atoms with Crippen molar-refractivity contribution in [2.45, 2.75) is 25.4 Å². The summed E-state index contributed by atoms with van der Waals surface area (Å²) in [7, 11) is 0. The van der Waals surface area contributed by atoms with Crippen LogP contribution in [0.2, 0.25) is 0 Å². The normalized spacial score (nSPS) is 15.4. The average Bonchev–Trinajstić information content (AvgIpc) is 2.52. The highest BCUT2D eigenvalue weighted by atomic mass is 16.2. The Kier molecular flexibility index (Phi) is 5.57. The Morgan fingerprint density at radius 1 is 1.24 bits per heavy atom. The fourth-order valence-corrected chi connectivity index (χ4v) is 2.53. The first-order chi connectivity index (χ1) is 10.2. The number of piperidine rings is 1. The van der Waals surface area contributed by atoms with E-state index in [1.807, 2.05) is 30.3 Å². The van der Waals surface area contributed by atoms with Gasteiger partial charge in [-0.2, -0.15) is 0 Å². The van der Waals surface area contributed by atoms with Crippen LogP contribution in [-0.4, -0.2) is 42.5 Å². The van der Waals surface area contributed by atoms with E-state index in [-0.39, 0.29) is 18.6 Å². The van der Waals surface area contributed by atoms with Crippen LogP contribution in [0.1, 0.15) is 18.4 Å². The molecule has 0 spiro atoms. The summed E-state index contributed by atoms with van der Waals surface area (Å²) in [6, 6.07) is 9.51. The predicted molar refractivity (Wildman–Crippen MR) is 80.5 cm³/mol. The first kappa shape index (κ1) is 15.3. The van der Waals surface area contributed by atoms with E-state index in [0.29, 0.717) is 6.54 Å². The third kappa shape index (κ3) is 4.75. The molecule has 114 valence electrons. The van der Waals surface area contributed by atoms with Gasteiger partial charge in [0.1, 0.15) is 6.54 Å². The van der Waals surface area contributed by atoms with Crippen molar-refractivity contribution in [1.29, 1.82) is 0 Å². The molecule has 1 fully saturated rings. The number of hydrogen-bond donors (Lipinski definition) is 3. The second kappa shape index (κ2) is 7.64. The highest BCUT2D eigenvalue weighted by Crippen LogP contribution is 2.12. The third-order valence-corrected chi connectivity index (χ3v) is 3.62. The van der Waals surface area contributed by atoms with Gasteiger partial charge in [0.05, 0.1) is 0 Å². The number of amides is 3. The molecule has 4 N–H and O–H groups in total. The lowest BCUT2D eigenvalue weighted by atomic mass is 10.1. The average molecular weight is 290 g/mol. The smallest absolute Gasteiger partial charge is 0.318 e. The summed E-state index contributed by atoms with van der Waals surface area (Å²) in [6.07, 6.45) is 1.68. The zero-order valence-corrected chi connectivity index (χ0v) is 12.0. The zero-order chi connectivity index (χ0) is 15.1. The molecule has 6 nitrogen and oxygen atoms in total. The monoisotopic (exact) mass is 290 g/mol. The van der Waals surface area contributed by atoms with Gasteiger partial charge in [-0.05, 0) is 31.5 Å². The molecule has 6 heteroatoms. The van der Waals surface area contributed by atoms with Gasteiger partial charge in [0.25, 0.3) is 0 Å². The van der Waals surface area contributed by atoms with Crippen molar-refractivity contribution in [3.8, 4) is 0 Å². The standard InChI is InChI=1S/C15H22N4O2/c16-14(20)11-19(13-6-8-17-9-7-13)15(21)18-10-12-4-2-1-3-5-12/h1-5,13,17H,6-11H2,(H2,16,20)(H,18,21). The van der Waals surface area contributed by atoms with Crippen LogP contribution in [0.4, 0.5) is 4.79 Å².